The topological polar surface area (TPSA) is 88.2 Å². The maximum atomic E-state index is 11.1. The Hall–Kier alpha value is -2.90. The summed E-state index contributed by atoms with van der Waals surface area (Å²) in [7, 11) is 0. The van der Waals surface area contributed by atoms with Crippen molar-refractivity contribution in [2.75, 3.05) is 26.3 Å². The highest BCUT2D eigenvalue weighted by atomic mass is 16.5. The highest BCUT2D eigenvalue weighted by Crippen LogP contribution is 2.18. The second-order valence-corrected chi connectivity index (χ2v) is 8.48. The molecule has 0 bridgehead atoms. The third-order valence-electron chi connectivity index (χ3n) is 5.66. The molecule has 0 radical (unpaired) electrons. The lowest BCUT2D eigenvalue weighted by atomic mass is 10.0. The maximum absolute atomic E-state index is 11.1. The Morgan fingerprint density at radius 1 is 0.765 bits per heavy atom. The van der Waals surface area contributed by atoms with Gasteiger partial charge in [-0.2, -0.15) is 0 Å². The molecule has 0 amide bonds. The molecule has 0 aromatic heterocycles. The average Bonchev–Trinajstić information content (AvgIpc) is 2.86. The summed E-state index contributed by atoms with van der Waals surface area (Å²) in [5.74, 6) is 1.50. The molecule has 3 atom stereocenters. The highest BCUT2D eigenvalue weighted by Gasteiger charge is 2.25. The molecule has 182 valence electrons. The molecule has 0 heterocycles. The van der Waals surface area contributed by atoms with Crippen LogP contribution in [-0.4, -0.2) is 59.8 Å². The molecule has 0 aliphatic rings. The predicted octanol–water partition coefficient (Wildman–Crippen LogP) is 3.26. The van der Waals surface area contributed by atoms with Crippen LogP contribution < -0.4 is 15.2 Å². The zero-order valence-electron chi connectivity index (χ0n) is 19.8. The smallest absolute Gasteiger partial charge is 0.119 e. The monoisotopic (exact) mass is 464 g/mol. The number of para-hydroxylation sites is 1. The van der Waals surface area contributed by atoms with E-state index in [9.17, 15) is 10.2 Å². The molecule has 6 nitrogen and oxygen atoms in total. The van der Waals surface area contributed by atoms with Crippen molar-refractivity contribution in [1.82, 2.24) is 4.90 Å². The third-order valence-corrected chi connectivity index (χ3v) is 5.66. The van der Waals surface area contributed by atoms with Crippen LogP contribution >= 0.6 is 0 Å². The first-order chi connectivity index (χ1) is 16.5. The number of hydrogen-bond acceptors (Lipinski definition) is 6. The number of nitrogens with zero attached hydrogens (tertiary/aromatic N) is 1. The first-order valence-corrected chi connectivity index (χ1v) is 11.8. The standard InChI is InChI=1S/C28H36N2O4/c1-22(18-24-12-14-27(15-13-24)33-17-16-29)30(28(32)19-23-8-4-2-5-9-23)20-25(31)21-34-26-10-6-3-7-11-26/h2-15,22,25,28,31-32H,16-21,29H2,1H3. The quantitative estimate of drug-likeness (QED) is 0.318. The molecule has 0 fully saturated rings. The zero-order valence-corrected chi connectivity index (χ0v) is 19.8. The van der Waals surface area contributed by atoms with Gasteiger partial charge < -0.3 is 25.4 Å². The van der Waals surface area contributed by atoms with Crippen molar-refractivity contribution in [3.8, 4) is 11.5 Å². The lowest BCUT2D eigenvalue weighted by Gasteiger charge is -2.35. The van der Waals surface area contributed by atoms with Crippen molar-refractivity contribution in [1.29, 1.82) is 0 Å². The minimum Gasteiger partial charge on any atom is -0.492 e. The van der Waals surface area contributed by atoms with Crippen LogP contribution in [0.5, 0.6) is 11.5 Å². The molecule has 0 saturated heterocycles. The Bertz CT molecular complexity index is 938. The molecule has 0 spiro atoms. The van der Waals surface area contributed by atoms with Gasteiger partial charge in [-0.3, -0.25) is 4.90 Å². The van der Waals surface area contributed by atoms with Crippen molar-refractivity contribution < 1.29 is 19.7 Å². The van der Waals surface area contributed by atoms with Gasteiger partial charge in [0.05, 0.1) is 0 Å². The van der Waals surface area contributed by atoms with Crippen molar-refractivity contribution in [2.24, 2.45) is 5.73 Å². The molecule has 3 rings (SSSR count). The molecular formula is C28H36N2O4. The summed E-state index contributed by atoms with van der Waals surface area (Å²) in [6, 6.07) is 27.2. The summed E-state index contributed by atoms with van der Waals surface area (Å²) in [5, 5.41) is 21.9. The van der Waals surface area contributed by atoms with Gasteiger partial charge in [-0.25, -0.2) is 0 Å². The van der Waals surface area contributed by atoms with Crippen molar-refractivity contribution in [2.45, 2.75) is 38.1 Å². The SMILES string of the molecule is CC(Cc1ccc(OCCN)cc1)N(CC(O)COc1ccccc1)C(O)Cc1ccccc1. The Balaban J connectivity index is 1.65. The molecule has 3 unspecified atom stereocenters. The van der Waals surface area contributed by atoms with E-state index in [4.69, 9.17) is 15.2 Å². The van der Waals surface area contributed by atoms with Crippen LogP contribution in [0.15, 0.2) is 84.9 Å². The number of aliphatic hydroxyl groups excluding tert-OH is 2. The summed E-state index contributed by atoms with van der Waals surface area (Å²) >= 11 is 0. The molecule has 0 aliphatic carbocycles. The summed E-state index contributed by atoms with van der Waals surface area (Å²) in [5.41, 5.74) is 7.67. The lowest BCUT2D eigenvalue weighted by molar-refractivity contribution is -0.0506. The summed E-state index contributed by atoms with van der Waals surface area (Å²) < 4.78 is 11.3. The fraction of sp³-hybridized carbons (Fsp3) is 0.357. The molecule has 3 aromatic carbocycles. The van der Waals surface area contributed by atoms with Crippen LogP contribution in [0.3, 0.4) is 0 Å². The molecular weight excluding hydrogens is 428 g/mol. The first kappa shape index (κ1) is 25.7. The van der Waals surface area contributed by atoms with Gasteiger partial charge in [-0.1, -0.05) is 60.7 Å². The van der Waals surface area contributed by atoms with Gasteiger partial charge in [0.15, 0.2) is 0 Å². The van der Waals surface area contributed by atoms with Crippen molar-refractivity contribution in [3.63, 3.8) is 0 Å². The average molecular weight is 465 g/mol. The van der Waals surface area contributed by atoms with Gasteiger partial charge in [0.1, 0.15) is 37.0 Å². The summed E-state index contributed by atoms with van der Waals surface area (Å²) in [4.78, 5) is 1.95. The van der Waals surface area contributed by atoms with Gasteiger partial charge in [-0.15, -0.1) is 0 Å². The van der Waals surface area contributed by atoms with Crippen LogP contribution in [0.2, 0.25) is 0 Å². The molecule has 0 aliphatic heterocycles. The minimum absolute atomic E-state index is 0.0131. The predicted molar refractivity (Wildman–Crippen MR) is 135 cm³/mol. The van der Waals surface area contributed by atoms with E-state index in [0.717, 1.165) is 23.3 Å². The molecule has 4 N–H and O–H groups in total. The number of aliphatic hydroxyl groups is 2. The Morgan fingerprint density at radius 3 is 2.00 bits per heavy atom. The van der Waals surface area contributed by atoms with E-state index in [1.807, 2.05) is 89.8 Å². The van der Waals surface area contributed by atoms with Crippen molar-refractivity contribution >= 4 is 0 Å². The van der Waals surface area contributed by atoms with E-state index in [1.54, 1.807) is 0 Å². The molecule has 0 saturated carbocycles. The van der Waals surface area contributed by atoms with Gasteiger partial charge in [0, 0.05) is 25.6 Å². The number of benzene rings is 3. The van der Waals surface area contributed by atoms with Crippen LogP contribution in [-0.2, 0) is 12.8 Å². The fourth-order valence-corrected chi connectivity index (χ4v) is 3.90. The third kappa shape index (κ3) is 8.47. The number of rotatable bonds is 14. The normalized spacial score (nSPS) is 13.9. The van der Waals surface area contributed by atoms with Gasteiger partial charge in [0.25, 0.3) is 0 Å². The van der Waals surface area contributed by atoms with Crippen molar-refractivity contribution in [3.05, 3.63) is 96.1 Å². The molecule has 6 heteroatoms. The second kappa shape index (κ2) is 13.7. The van der Waals surface area contributed by atoms with Gasteiger partial charge in [-0.05, 0) is 48.7 Å². The molecule has 3 aromatic rings. The Morgan fingerprint density at radius 2 is 1.35 bits per heavy atom. The lowest BCUT2D eigenvalue weighted by Crippen LogP contribution is -2.48. The van der Waals surface area contributed by atoms with Crippen LogP contribution in [0.1, 0.15) is 18.1 Å². The van der Waals surface area contributed by atoms with Gasteiger partial charge >= 0.3 is 0 Å². The van der Waals surface area contributed by atoms with E-state index in [1.165, 1.54) is 0 Å². The minimum atomic E-state index is -0.750. The highest BCUT2D eigenvalue weighted by molar-refractivity contribution is 5.28. The Kier molecular flexibility index (Phi) is 10.4. The van der Waals surface area contributed by atoms with E-state index < -0.39 is 12.3 Å². The van der Waals surface area contributed by atoms with Crippen LogP contribution in [0, 0.1) is 0 Å². The number of ether oxygens (including phenoxy) is 2. The largest absolute Gasteiger partial charge is 0.492 e. The Labute approximate surface area is 202 Å². The second-order valence-electron chi connectivity index (χ2n) is 8.48. The number of hydrogen-bond donors (Lipinski definition) is 3. The van der Waals surface area contributed by atoms with Crippen LogP contribution in [0.25, 0.3) is 0 Å². The van der Waals surface area contributed by atoms with E-state index in [0.29, 0.717) is 31.9 Å². The summed E-state index contributed by atoms with van der Waals surface area (Å²) in [6.07, 6.45) is -0.297. The fourth-order valence-electron chi connectivity index (χ4n) is 3.90. The van der Waals surface area contributed by atoms with E-state index in [2.05, 4.69) is 6.92 Å². The molecule has 34 heavy (non-hydrogen) atoms. The van der Waals surface area contributed by atoms with E-state index >= 15 is 0 Å². The van der Waals surface area contributed by atoms with Gasteiger partial charge in [0.2, 0.25) is 0 Å². The van der Waals surface area contributed by atoms with Crippen LogP contribution in [0.4, 0.5) is 0 Å². The first-order valence-electron chi connectivity index (χ1n) is 11.8. The maximum Gasteiger partial charge on any atom is 0.119 e. The summed E-state index contributed by atoms with van der Waals surface area (Å²) in [6.45, 7) is 3.47. The van der Waals surface area contributed by atoms with E-state index in [-0.39, 0.29) is 12.6 Å². The number of nitrogens with two attached hydrogens (primary N) is 1. The zero-order chi connectivity index (χ0) is 24.2.